The maximum Gasteiger partial charge on any atom is 1.00 e. The molecule has 0 saturated carbocycles. The summed E-state index contributed by atoms with van der Waals surface area (Å²) in [7, 11) is -4.97. The van der Waals surface area contributed by atoms with E-state index in [2.05, 4.69) is 0 Å². The van der Waals surface area contributed by atoms with Gasteiger partial charge in [-0.15, -0.1) is 11.6 Å². The molecule has 0 aliphatic heterocycles. The maximum atomic E-state index is 10.9. The van der Waals surface area contributed by atoms with E-state index in [0.717, 1.165) is 12.2 Å². The van der Waals surface area contributed by atoms with Crippen LogP contribution >= 0.6 is 11.6 Å². The first kappa shape index (κ1) is 16.0. The van der Waals surface area contributed by atoms with Crippen LogP contribution in [0, 0.1) is 0 Å². The Hall–Kier alpha value is 0.0200. The number of aldehydes is 2. The summed E-state index contributed by atoms with van der Waals surface area (Å²) in [5.74, 6) is 0. The van der Waals surface area contributed by atoms with Crippen molar-refractivity contribution in [1.29, 1.82) is 0 Å². The van der Waals surface area contributed by atoms with Crippen LogP contribution in [-0.4, -0.2) is 35.7 Å². The Morgan fingerprint density at radius 2 is 2.00 bits per heavy atom. The van der Waals surface area contributed by atoms with Crippen molar-refractivity contribution in [3.05, 3.63) is 23.8 Å². The van der Waals surface area contributed by atoms with Crippen molar-refractivity contribution >= 4 is 34.3 Å². The molecule has 5 nitrogen and oxygen atoms in total. The van der Waals surface area contributed by atoms with E-state index in [-0.39, 0.29) is 41.4 Å². The van der Waals surface area contributed by atoms with Crippen molar-refractivity contribution < 1.29 is 52.1 Å². The SMILES string of the molecule is O=CC1=CC=CC(C=O)(S(=O)(=O)[O-])C1Cl.[Na+]. The van der Waals surface area contributed by atoms with Gasteiger partial charge in [-0.2, -0.15) is 0 Å². The van der Waals surface area contributed by atoms with Crippen LogP contribution in [0.25, 0.3) is 0 Å². The number of carbonyl (C=O) groups excluding carboxylic acids is 2. The largest absolute Gasteiger partial charge is 1.00 e. The number of hydrogen-bond acceptors (Lipinski definition) is 5. The minimum absolute atomic E-state index is 0. The fourth-order valence-corrected chi connectivity index (χ4v) is 2.53. The molecule has 8 heteroatoms. The summed E-state index contributed by atoms with van der Waals surface area (Å²) in [6.07, 6.45) is 3.53. The molecular weight excluding hydrogens is 267 g/mol. The molecule has 82 valence electrons. The molecule has 0 aromatic rings. The van der Waals surface area contributed by atoms with Gasteiger partial charge in [-0.25, -0.2) is 8.42 Å². The van der Waals surface area contributed by atoms with Gasteiger partial charge in [-0.05, 0) is 0 Å². The second-order valence-corrected chi connectivity index (χ2v) is 4.98. The zero-order chi connectivity index (χ0) is 11.7. The molecular formula is C8H6ClNaO5S. The van der Waals surface area contributed by atoms with Crippen LogP contribution in [0.15, 0.2) is 23.8 Å². The number of carbonyl (C=O) groups is 2. The van der Waals surface area contributed by atoms with Gasteiger partial charge in [-0.1, -0.05) is 18.2 Å². The third kappa shape index (κ3) is 2.47. The van der Waals surface area contributed by atoms with Gasteiger partial charge in [0.25, 0.3) is 0 Å². The number of halogens is 1. The molecule has 0 heterocycles. The maximum absolute atomic E-state index is 10.9. The zero-order valence-electron chi connectivity index (χ0n) is 8.29. The molecule has 0 spiro atoms. The fraction of sp³-hybridized carbons (Fsp3) is 0.250. The summed E-state index contributed by atoms with van der Waals surface area (Å²) in [5, 5.41) is -1.49. The van der Waals surface area contributed by atoms with Gasteiger partial charge >= 0.3 is 29.6 Å². The van der Waals surface area contributed by atoms with Gasteiger partial charge < -0.3 is 9.35 Å². The van der Waals surface area contributed by atoms with Crippen molar-refractivity contribution in [2.75, 3.05) is 0 Å². The Labute approximate surface area is 120 Å². The van der Waals surface area contributed by atoms with Crippen molar-refractivity contribution in [1.82, 2.24) is 0 Å². The second kappa shape index (κ2) is 5.57. The molecule has 1 rings (SSSR count). The van der Waals surface area contributed by atoms with Gasteiger partial charge in [0, 0.05) is 5.57 Å². The molecule has 1 aliphatic rings. The Balaban J connectivity index is 0.00000225. The zero-order valence-corrected chi connectivity index (χ0v) is 11.9. The molecule has 0 bridgehead atoms. The number of rotatable bonds is 3. The predicted molar refractivity (Wildman–Crippen MR) is 51.4 cm³/mol. The van der Waals surface area contributed by atoms with Crippen LogP contribution in [0.1, 0.15) is 0 Å². The van der Waals surface area contributed by atoms with E-state index in [0.29, 0.717) is 6.29 Å². The first-order chi connectivity index (χ1) is 6.89. The Kier molecular flexibility index (Phi) is 5.58. The molecule has 16 heavy (non-hydrogen) atoms. The van der Waals surface area contributed by atoms with Crippen LogP contribution < -0.4 is 29.6 Å². The Bertz CT molecular complexity index is 455. The third-order valence-electron chi connectivity index (χ3n) is 2.09. The van der Waals surface area contributed by atoms with Crippen LogP contribution in [0.3, 0.4) is 0 Å². The van der Waals surface area contributed by atoms with Crippen LogP contribution in [-0.2, 0) is 19.7 Å². The van der Waals surface area contributed by atoms with Gasteiger partial charge in [0.05, 0.1) is 5.38 Å². The van der Waals surface area contributed by atoms with Crippen LogP contribution in [0.2, 0.25) is 0 Å². The molecule has 2 atom stereocenters. The summed E-state index contributed by atoms with van der Waals surface area (Å²) in [6.45, 7) is 0. The standard InChI is InChI=1S/C8H7ClO5S.Na/c9-7-6(4-10)2-1-3-8(7,5-11)15(12,13)14;/h1-5,7H,(H,12,13,14);/q;+1/p-1. The molecule has 0 aromatic heterocycles. The van der Waals surface area contributed by atoms with E-state index in [4.69, 9.17) is 11.6 Å². The van der Waals surface area contributed by atoms with Crippen molar-refractivity contribution in [3.63, 3.8) is 0 Å². The number of hydrogen-bond donors (Lipinski definition) is 0. The normalized spacial score (nSPS) is 28.9. The van der Waals surface area contributed by atoms with Crippen LogP contribution in [0.4, 0.5) is 0 Å². The molecule has 0 fully saturated rings. The molecule has 2 unspecified atom stereocenters. The topological polar surface area (TPSA) is 91.3 Å². The number of allylic oxidation sites excluding steroid dienone is 3. The fourth-order valence-electron chi connectivity index (χ4n) is 1.21. The quantitative estimate of drug-likeness (QED) is 0.233. The second-order valence-electron chi connectivity index (χ2n) is 2.93. The molecule has 0 radical (unpaired) electrons. The molecule has 1 aliphatic carbocycles. The summed E-state index contributed by atoms with van der Waals surface area (Å²) < 4.78 is 30.4. The average Bonchev–Trinajstić information content (AvgIpc) is 2.16. The molecule has 0 saturated heterocycles. The van der Waals surface area contributed by atoms with Gasteiger partial charge in [-0.3, -0.25) is 4.79 Å². The first-order valence-electron chi connectivity index (χ1n) is 3.79. The first-order valence-corrected chi connectivity index (χ1v) is 5.64. The van der Waals surface area contributed by atoms with E-state index < -0.39 is 20.2 Å². The Morgan fingerprint density at radius 1 is 1.44 bits per heavy atom. The van der Waals surface area contributed by atoms with Crippen LogP contribution in [0.5, 0.6) is 0 Å². The van der Waals surface area contributed by atoms with E-state index in [1.165, 1.54) is 6.08 Å². The monoisotopic (exact) mass is 272 g/mol. The Morgan fingerprint density at radius 3 is 2.38 bits per heavy atom. The molecule has 0 aromatic carbocycles. The number of alkyl halides is 1. The molecule has 0 amide bonds. The third-order valence-corrected chi connectivity index (χ3v) is 4.16. The summed E-state index contributed by atoms with van der Waals surface area (Å²) in [5.41, 5.74) is -0.120. The van der Waals surface area contributed by atoms with Crippen molar-refractivity contribution in [2.24, 2.45) is 0 Å². The van der Waals surface area contributed by atoms with E-state index in [1.807, 2.05) is 0 Å². The average molecular weight is 273 g/mol. The van der Waals surface area contributed by atoms with E-state index in [9.17, 15) is 22.6 Å². The van der Waals surface area contributed by atoms with Gasteiger partial charge in [0.2, 0.25) is 0 Å². The smallest absolute Gasteiger partial charge is 0.747 e. The van der Waals surface area contributed by atoms with Crippen molar-refractivity contribution in [3.8, 4) is 0 Å². The van der Waals surface area contributed by atoms with E-state index in [1.54, 1.807) is 0 Å². The minimum Gasteiger partial charge on any atom is -0.747 e. The minimum atomic E-state index is -4.97. The predicted octanol–water partition coefficient (Wildman–Crippen LogP) is -3.22. The molecule has 0 N–H and O–H groups in total. The van der Waals surface area contributed by atoms with E-state index >= 15 is 0 Å². The summed E-state index contributed by atoms with van der Waals surface area (Å²) in [4.78, 5) is 21.2. The van der Waals surface area contributed by atoms with Gasteiger partial charge in [0.1, 0.15) is 22.7 Å². The van der Waals surface area contributed by atoms with Crippen molar-refractivity contribution in [2.45, 2.75) is 10.1 Å². The summed E-state index contributed by atoms with van der Waals surface area (Å²) in [6, 6.07) is 0. The summed E-state index contributed by atoms with van der Waals surface area (Å²) >= 11 is 5.63. The van der Waals surface area contributed by atoms with Gasteiger partial charge in [0.15, 0.2) is 4.75 Å².